The predicted molar refractivity (Wildman–Crippen MR) is 69.1 cm³/mol. The van der Waals surface area contributed by atoms with Gasteiger partial charge in [-0.15, -0.1) is 0 Å². The maximum absolute atomic E-state index is 13.5. The number of hydrogen-bond donors (Lipinski definition) is 3. The molecule has 3 N–H and O–H groups in total. The quantitative estimate of drug-likeness (QED) is 0.741. The maximum atomic E-state index is 13.5. The Morgan fingerprint density at radius 3 is 2.53 bits per heavy atom. The number of anilines is 1. The van der Waals surface area contributed by atoms with Crippen LogP contribution in [0.2, 0.25) is 5.02 Å². The largest absolute Gasteiger partial charge is 0.507 e. The molecule has 0 saturated carbocycles. The van der Waals surface area contributed by atoms with Crippen molar-refractivity contribution < 1.29 is 19.4 Å². The molecule has 0 bridgehead atoms. The van der Waals surface area contributed by atoms with Gasteiger partial charge in [0.2, 0.25) is 0 Å². The second-order valence-electron chi connectivity index (χ2n) is 3.75. The van der Waals surface area contributed by atoms with Crippen LogP contribution in [0.4, 0.5) is 10.1 Å². The van der Waals surface area contributed by atoms with Crippen LogP contribution in [-0.2, 0) is 0 Å². The molecule has 0 atom stereocenters. The van der Waals surface area contributed by atoms with Crippen molar-refractivity contribution in [3.05, 3.63) is 52.8 Å². The van der Waals surface area contributed by atoms with Crippen LogP contribution in [0.3, 0.4) is 0 Å². The zero-order valence-corrected chi connectivity index (χ0v) is 10.3. The first-order valence-corrected chi connectivity index (χ1v) is 5.64. The van der Waals surface area contributed by atoms with Crippen LogP contribution in [-0.4, -0.2) is 16.1 Å². The van der Waals surface area contributed by atoms with Crippen LogP contribution < -0.4 is 5.32 Å². The minimum atomic E-state index is -0.831. The van der Waals surface area contributed by atoms with Gasteiger partial charge < -0.3 is 15.5 Å². The number of amides is 1. The summed E-state index contributed by atoms with van der Waals surface area (Å²) >= 11 is 5.68. The SMILES string of the molecule is O=C(Nc1ccc(O)c(Cl)c1)c1c(O)cccc1F. The van der Waals surface area contributed by atoms with E-state index >= 15 is 0 Å². The van der Waals surface area contributed by atoms with Crippen LogP contribution in [0.1, 0.15) is 10.4 Å². The van der Waals surface area contributed by atoms with Gasteiger partial charge in [-0.2, -0.15) is 0 Å². The Kier molecular flexibility index (Phi) is 3.57. The first-order chi connectivity index (χ1) is 8.99. The van der Waals surface area contributed by atoms with Gasteiger partial charge in [0.05, 0.1) is 5.02 Å². The van der Waals surface area contributed by atoms with Gasteiger partial charge in [-0.25, -0.2) is 4.39 Å². The summed E-state index contributed by atoms with van der Waals surface area (Å²) in [7, 11) is 0. The van der Waals surface area contributed by atoms with Crippen molar-refractivity contribution in [2.45, 2.75) is 0 Å². The number of aromatic hydroxyl groups is 2. The minimum Gasteiger partial charge on any atom is -0.507 e. The molecule has 0 spiro atoms. The molecule has 1 amide bonds. The predicted octanol–water partition coefficient (Wildman–Crippen LogP) is 3.14. The van der Waals surface area contributed by atoms with Crippen molar-refractivity contribution in [3.8, 4) is 11.5 Å². The molecule has 0 aliphatic carbocycles. The average molecular weight is 282 g/mol. The second kappa shape index (κ2) is 5.16. The molecule has 0 fully saturated rings. The van der Waals surface area contributed by atoms with E-state index in [1.165, 1.54) is 30.3 Å². The summed E-state index contributed by atoms with van der Waals surface area (Å²) in [6, 6.07) is 7.57. The number of carbonyl (C=O) groups is 1. The average Bonchev–Trinajstić information content (AvgIpc) is 2.33. The second-order valence-corrected chi connectivity index (χ2v) is 4.16. The molecule has 4 nitrogen and oxygen atoms in total. The molecular formula is C13H9ClFNO3. The molecule has 0 aliphatic heterocycles. The van der Waals surface area contributed by atoms with E-state index in [-0.39, 0.29) is 16.5 Å². The maximum Gasteiger partial charge on any atom is 0.262 e. The Balaban J connectivity index is 2.28. The van der Waals surface area contributed by atoms with Crippen LogP contribution in [0, 0.1) is 5.82 Å². The molecule has 0 radical (unpaired) electrons. The fourth-order valence-electron chi connectivity index (χ4n) is 1.52. The lowest BCUT2D eigenvalue weighted by Gasteiger charge is -2.08. The van der Waals surface area contributed by atoms with Gasteiger partial charge in [-0.1, -0.05) is 17.7 Å². The van der Waals surface area contributed by atoms with Crippen LogP contribution in [0.15, 0.2) is 36.4 Å². The molecule has 98 valence electrons. The highest BCUT2D eigenvalue weighted by Gasteiger charge is 2.16. The third kappa shape index (κ3) is 2.77. The standard InChI is InChI=1S/C13H9ClFNO3/c14-8-6-7(4-5-10(8)17)16-13(19)12-9(15)2-1-3-11(12)18/h1-6,17-18H,(H,16,19). The van der Waals surface area contributed by atoms with E-state index < -0.39 is 23.0 Å². The Morgan fingerprint density at radius 2 is 1.89 bits per heavy atom. The molecule has 0 unspecified atom stereocenters. The highest BCUT2D eigenvalue weighted by atomic mass is 35.5. The van der Waals surface area contributed by atoms with Gasteiger partial charge in [0.1, 0.15) is 22.9 Å². The number of benzene rings is 2. The lowest BCUT2D eigenvalue weighted by atomic mass is 10.1. The van der Waals surface area contributed by atoms with Crippen LogP contribution in [0.25, 0.3) is 0 Å². The third-order valence-electron chi connectivity index (χ3n) is 2.42. The fourth-order valence-corrected chi connectivity index (χ4v) is 1.70. The summed E-state index contributed by atoms with van der Waals surface area (Å²) in [5, 5.41) is 21.1. The smallest absolute Gasteiger partial charge is 0.262 e. The highest BCUT2D eigenvalue weighted by Crippen LogP contribution is 2.27. The van der Waals surface area contributed by atoms with Gasteiger partial charge in [-0.05, 0) is 30.3 Å². The summed E-state index contributed by atoms with van der Waals surface area (Å²) in [5.41, 5.74) is -0.179. The van der Waals surface area contributed by atoms with Crippen molar-refractivity contribution in [2.24, 2.45) is 0 Å². The molecule has 0 aromatic heterocycles. The number of nitrogens with one attached hydrogen (secondary N) is 1. The third-order valence-corrected chi connectivity index (χ3v) is 2.73. The van der Waals surface area contributed by atoms with Crippen molar-refractivity contribution in [1.29, 1.82) is 0 Å². The Bertz CT molecular complexity index is 626. The van der Waals surface area contributed by atoms with Crippen molar-refractivity contribution >= 4 is 23.2 Å². The van der Waals surface area contributed by atoms with Crippen molar-refractivity contribution in [1.82, 2.24) is 0 Å². The Hall–Kier alpha value is -2.27. The van der Waals surface area contributed by atoms with E-state index in [9.17, 15) is 19.4 Å². The molecule has 0 aliphatic rings. The van der Waals surface area contributed by atoms with Crippen molar-refractivity contribution in [2.75, 3.05) is 5.32 Å². The fraction of sp³-hybridized carbons (Fsp3) is 0. The first kappa shape index (κ1) is 13.2. The van der Waals surface area contributed by atoms with E-state index in [4.69, 9.17) is 11.6 Å². The molecule has 0 saturated heterocycles. The number of rotatable bonds is 2. The molecule has 2 rings (SSSR count). The van der Waals surface area contributed by atoms with Crippen molar-refractivity contribution in [3.63, 3.8) is 0 Å². The van der Waals surface area contributed by atoms with E-state index in [0.717, 1.165) is 6.07 Å². The Morgan fingerprint density at radius 1 is 1.16 bits per heavy atom. The van der Waals surface area contributed by atoms with E-state index in [1.807, 2.05) is 0 Å². The Labute approximate surface area is 113 Å². The number of halogens is 2. The molecule has 2 aromatic carbocycles. The minimum absolute atomic E-state index is 0.0514. The lowest BCUT2D eigenvalue weighted by Crippen LogP contribution is -2.13. The van der Waals surface area contributed by atoms with E-state index in [0.29, 0.717) is 0 Å². The molecule has 6 heteroatoms. The van der Waals surface area contributed by atoms with Gasteiger partial charge >= 0.3 is 0 Å². The number of phenolic OH excluding ortho intramolecular Hbond substituents is 2. The number of phenols is 2. The number of hydrogen-bond acceptors (Lipinski definition) is 3. The lowest BCUT2D eigenvalue weighted by molar-refractivity contribution is 0.102. The topological polar surface area (TPSA) is 69.6 Å². The van der Waals surface area contributed by atoms with E-state index in [1.54, 1.807) is 0 Å². The monoisotopic (exact) mass is 281 g/mol. The van der Waals surface area contributed by atoms with E-state index in [2.05, 4.69) is 5.32 Å². The van der Waals surface area contributed by atoms with Gasteiger partial charge in [0.15, 0.2) is 0 Å². The van der Waals surface area contributed by atoms with Gasteiger partial charge in [0.25, 0.3) is 5.91 Å². The van der Waals surface area contributed by atoms with Gasteiger partial charge in [0, 0.05) is 5.69 Å². The molecular weight excluding hydrogens is 273 g/mol. The van der Waals surface area contributed by atoms with Crippen LogP contribution >= 0.6 is 11.6 Å². The highest BCUT2D eigenvalue weighted by molar-refractivity contribution is 6.32. The first-order valence-electron chi connectivity index (χ1n) is 5.26. The van der Waals surface area contributed by atoms with Gasteiger partial charge in [-0.3, -0.25) is 4.79 Å². The summed E-state index contributed by atoms with van der Waals surface area (Å²) in [5.74, 6) is -2.23. The zero-order chi connectivity index (χ0) is 14.0. The zero-order valence-electron chi connectivity index (χ0n) is 9.52. The molecule has 19 heavy (non-hydrogen) atoms. The molecule has 2 aromatic rings. The number of carbonyl (C=O) groups excluding carboxylic acids is 1. The summed E-state index contributed by atoms with van der Waals surface area (Å²) in [6.07, 6.45) is 0. The summed E-state index contributed by atoms with van der Waals surface area (Å²) in [6.45, 7) is 0. The molecule has 0 heterocycles. The van der Waals surface area contributed by atoms with Crippen LogP contribution in [0.5, 0.6) is 11.5 Å². The normalized spacial score (nSPS) is 10.2. The summed E-state index contributed by atoms with van der Waals surface area (Å²) < 4.78 is 13.5. The summed E-state index contributed by atoms with van der Waals surface area (Å²) in [4.78, 5) is 11.8.